The van der Waals surface area contributed by atoms with Crippen LogP contribution in [0.15, 0.2) is 25.3 Å². The number of β-amino-alcohol motifs (C(OH)–C–C–N with tert-alkyl or cyclic N) is 1. The van der Waals surface area contributed by atoms with Crippen LogP contribution in [0, 0.1) is 5.92 Å². The summed E-state index contributed by atoms with van der Waals surface area (Å²) in [7, 11) is 0. The predicted molar refractivity (Wildman–Crippen MR) is 66.9 cm³/mol. The van der Waals surface area contributed by atoms with Gasteiger partial charge in [0.25, 0.3) is 0 Å². The van der Waals surface area contributed by atoms with Gasteiger partial charge in [-0.05, 0) is 12.8 Å². The third-order valence-electron chi connectivity index (χ3n) is 3.10. The maximum Gasteiger partial charge on any atom is 0.308 e. The van der Waals surface area contributed by atoms with Gasteiger partial charge < -0.3 is 15.1 Å². The molecule has 5 heteroatoms. The Kier molecular flexibility index (Phi) is 4.67. The van der Waals surface area contributed by atoms with E-state index in [0.29, 0.717) is 12.8 Å². The molecule has 2 N–H and O–H groups in total. The van der Waals surface area contributed by atoms with Gasteiger partial charge in [0, 0.05) is 19.5 Å². The Morgan fingerprint density at radius 1 is 1.44 bits per heavy atom. The van der Waals surface area contributed by atoms with Crippen molar-refractivity contribution >= 4 is 11.9 Å². The summed E-state index contributed by atoms with van der Waals surface area (Å²) in [5.41, 5.74) is -1.10. The molecule has 1 rings (SSSR count). The van der Waals surface area contributed by atoms with E-state index in [1.54, 1.807) is 12.2 Å². The number of aliphatic hydroxyl groups is 1. The van der Waals surface area contributed by atoms with Crippen LogP contribution in [0.4, 0.5) is 0 Å². The average molecular weight is 253 g/mol. The maximum atomic E-state index is 11.7. The molecule has 18 heavy (non-hydrogen) atoms. The highest BCUT2D eigenvalue weighted by atomic mass is 16.4. The number of carboxylic acids is 1. The van der Waals surface area contributed by atoms with Gasteiger partial charge >= 0.3 is 5.97 Å². The van der Waals surface area contributed by atoms with Crippen molar-refractivity contribution in [1.29, 1.82) is 0 Å². The first-order chi connectivity index (χ1) is 8.41. The largest absolute Gasteiger partial charge is 0.481 e. The molecule has 0 aromatic heterocycles. The fraction of sp³-hybridized carbons (Fsp3) is 0.538. The van der Waals surface area contributed by atoms with Gasteiger partial charge in [-0.3, -0.25) is 9.59 Å². The molecular weight excluding hydrogens is 234 g/mol. The zero-order valence-corrected chi connectivity index (χ0v) is 10.3. The lowest BCUT2D eigenvalue weighted by Crippen LogP contribution is -2.43. The van der Waals surface area contributed by atoms with Crippen LogP contribution >= 0.6 is 0 Å². The van der Waals surface area contributed by atoms with Gasteiger partial charge in [0.15, 0.2) is 0 Å². The smallest absolute Gasteiger partial charge is 0.308 e. The van der Waals surface area contributed by atoms with Gasteiger partial charge in [-0.1, -0.05) is 12.2 Å². The van der Waals surface area contributed by atoms with E-state index >= 15 is 0 Å². The van der Waals surface area contributed by atoms with Crippen LogP contribution < -0.4 is 0 Å². The number of likely N-dealkylation sites (tertiary alicyclic amines) is 1. The molecule has 1 fully saturated rings. The molecule has 0 aliphatic carbocycles. The lowest BCUT2D eigenvalue weighted by molar-refractivity contribution is -0.141. The van der Waals surface area contributed by atoms with E-state index in [2.05, 4.69) is 13.2 Å². The van der Waals surface area contributed by atoms with E-state index in [9.17, 15) is 14.7 Å². The van der Waals surface area contributed by atoms with Gasteiger partial charge in [-0.2, -0.15) is 0 Å². The van der Waals surface area contributed by atoms with Gasteiger partial charge in [-0.15, -0.1) is 13.2 Å². The molecule has 1 saturated heterocycles. The summed E-state index contributed by atoms with van der Waals surface area (Å²) in [5.74, 6) is -1.87. The minimum atomic E-state index is -1.10. The van der Waals surface area contributed by atoms with E-state index in [0.717, 1.165) is 0 Å². The van der Waals surface area contributed by atoms with Crippen molar-refractivity contribution in [3.63, 3.8) is 0 Å². The number of hydrogen-bond donors (Lipinski definition) is 2. The summed E-state index contributed by atoms with van der Waals surface area (Å²) in [6.45, 7) is 7.42. The fourth-order valence-electron chi connectivity index (χ4n) is 2.20. The van der Waals surface area contributed by atoms with Crippen molar-refractivity contribution < 1.29 is 19.8 Å². The van der Waals surface area contributed by atoms with Crippen molar-refractivity contribution in [3.8, 4) is 0 Å². The number of carboxylic acid groups (broad SMARTS) is 1. The SMILES string of the molecule is C=CCC(O)(CC=C)CN1C[C@@H](C(=O)O)CC1=O. The quantitative estimate of drug-likeness (QED) is 0.658. The number of carbonyl (C=O) groups excluding carboxylic acids is 1. The lowest BCUT2D eigenvalue weighted by Gasteiger charge is -2.30. The van der Waals surface area contributed by atoms with Gasteiger partial charge in [0.1, 0.15) is 0 Å². The molecule has 0 bridgehead atoms. The van der Waals surface area contributed by atoms with Gasteiger partial charge in [-0.25, -0.2) is 0 Å². The molecule has 0 unspecified atom stereocenters. The van der Waals surface area contributed by atoms with Gasteiger partial charge in [0.2, 0.25) is 5.91 Å². The zero-order chi connectivity index (χ0) is 13.8. The molecule has 1 amide bonds. The fourth-order valence-corrected chi connectivity index (χ4v) is 2.20. The summed E-state index contributed by atoms with van der Waals surface area (Å²) < 4.78 is 0. The number of aliphatic carboxylic acids is 1. The maximum absolute atomic E-state index is 11.7. The summed E-state index contributed by atoms with van der Waals surface area (Å²) >= 11 is 0. The molecule has 0 saturated carbocycles. The van der Waals surface area contributed by atoms with Crippen molar-refractivity contribution in [2.45, 2.75) is 24.9 Å². The van der Waals surface area contributed by atoms with Crippen LogP contribution in [0.3, 0.4) is 0 Å². The highest BCUT2D eigenvalue weighted by Crippen LogP contribution is 2.24. The number of rotatable bonds is 7. The first-order valence-electron chi connectivity index (χ1n) is 5.86. The highest BCUT2D eigenvalue weighted by molar-refractivity contribution is 5.86. The van der Waals surface area contributed by atoms with E-state index in [-0.39, 0.29) is 25.4 Å². The number of carbonyl (C=O) groups is 2. The van der Waals surface area contributed by atoms with Crippen LogP contribution in [0.2, 0.25) is 0 Å². The molecule has 0 aromatic rings. The van der Waals surface area contributed by atoms with Crippen molar-refractivity contribution in [2.24, 2.45) is 5.92 Å². The molecule has 0 spiro atoms. The zero-order valence-electron chi connectivity index (χ0n) is 10.3. The van der Waals surface area contributed by atoms with E-state index < -0.39 is 17.5 Å². The first-order valence-corrected chi connectivity index (χ1v) is 5.86. The second kappa shape index (κ2) is 5.82. The average Bonchev–Trinajstić information content (AvgIpc) is 2.61. The van der Waals surface area contributed by atoms with Gasteiger partial charge in [0.05, 0.1) is 11.5 Å². The van der Waals surface area contributed by atoms with Crippen molar-refractivity contribution in [1.82, 2.24) is 4.90 Å². The third-order valence-corrected chi connectivity index (χ3v) is 3.10. The molecule has 100 valence electrons. The van der Waals surface area contributed by atoms with Crippen LogP contribution in [-0.4, -0.2) is 45.7 Å². The monoisotopic (exact) mass is 253 g/mol. The molecule has 1 atom stereocenters. The molecule has 1 heterocycles. The third kappa shape index (κ3) is 3.43. The number of hydrogen-bond acceptors (Lipinski definition) is 3. The van der Waals surface area contributed by atoms with Crippen LogP contribution in [0.25, 0.3) is 0 Å². The van der Waals surface area contributed by atoms with Crippen LogP contribution in [0.1, 0.15) is 19.3 Å². The second-order valence-corrected chi connectivity index (χ2v) is 4.72. The summed E-state index contributed by atoms with van der Waals surface area (Å²) in [4.78, 5) is 23.9. The molecule has 0 aromatic carbocycles. The minimum Gasteiger partial charge on any atom is -0.481 e. The molecular formula is C13H19NO4. The molecule has 0 radical (unpaired) electrons. The Morgan fingerprint density at radius 3 is 2.39 bits per heavy atom. The van der Waals surface area contributed by atoms with Crippen LogP contribution in [-0.2, 0) is 9.59 Å². The van der Waals surface area contributed by atoms with E-state index in [1.807, 2.05) is 0 Å². The van der Waals surface area contributed by atoms with E-state index in [4.69, 9.17) is 5.11 Å². The Balaban J connectivity index is 2.70. The van der Waals surface area contributed by atoms with E-state index in [1.165, 1.54) is 4.90 Å². The molecule has 1 aliphatic rings. The minimum absolute atomic E-state index is 0.00753. The standard InChI is InChI=1S/C13H19NO4/c1-3-5-13(18,6-4-2)9-14-8-10(12(16)17)7-11(14)15/h3-4,10,18H,1-2,5-9H2,(H,16,17)/t10-/m0/s1. The Labute approximate surface area is 106 Å². The number of amides is 1. The predicted octanol–water partition coefficient (Wildman–Crippen LogP) is 0.803. The number of nitrogens with zero attached hydrogens (tertiary/aromatic N) is 1. The normalized spacial score (nSPS) is 19.9. The summed E-state index contributed by atoms with van der Waals surface area (Å²) in [6.07, 6.45) is 3.84. The summed E-state index contributed by atoms with van der Waals surface area (Å²) in [6, 6.07) is 0. The van der Waals surface area contributed by atoms with Crippen molar-refractivity contribution in [2.75, 3.05) is 13.1 Å². The summed E-state index contributed by atoms with van der Waals surface area (Å²) in [5, 5.41) is 19.2. The first kappa shape index (κ1) is 14.4. The highest BCUT2D eigenvalue weighted by Gasteiger charge is 2.38. The Bertz CT molecular complexity index is 354. The topological polar surface area (TPSA) is 77.8 Å². The molecule has 1 aliphatic heterocycles. The van der Waals surface area contributed by atoms with Crippen LogP contribution in [0.5, 0.6) is 0 Å². The Hall–Kier alpha value is -1.62. The second-order valence-electron chi connectivity index (χ2n) is 4.72. The van der Waals surface area contributed by atoms with Crippen molar-refractivity contribution in [3.05, 3.63) is 25.3 Å². The molecule has 5 nitrogen and oxygen atoms in total. The lowest BCUT2D eigenvalue weighted by atomic mass is 9.95. The Morgan fingerprint density at radius 2 is 2.00 bits per heavy atom.